The second kappa shape index (κ2) is 21.0. The number of para-hydroxylation sites is 2. The molecule has 0 bridgehead atoms. The Morgan fingerprint density at radius 1 is 0.326 bits per heavy atom. The Bertz CT molecular complexity index is 4980. The highest BCUT2D eigenvalue weighted by molar-refractivity contribution is 7.26. The van der Waals surface area contributed by atoms with Crippen molar-refractivity contribution in [2.45, 2.75) is 131 Å². The summed E-state index contributed by atoms with van der Waals surface area (Å²) in [5.74, 6) is 0. The molecular weight excluding hydrogens is 1140 g/mol. The Labute approximate surface area is 538 Å². The van der Waals surface area contributed by atoms with E-state index < -0.39 is 0 Å². The van der Waals surface area contributed by atoms with Gasteiger partial charge in [0.25, 0.3) is 0 Å². The molecule has 89 heavy (non-hydrogen) atoms. The molecule has 0 unspecified atom stereocenters. The van der Waals surface area contributed by atoms with Gasteiger partial charge in [-0.3, -0.25) is 0 Å². The van der Waals surface area contributed by atoms with Crippen LogP contribution >= 0.6 is 34.3 Å². The summed E-state index contributed by atoms with van der Waals surface area (Å²) in [5, 5.41) is 11.5. The van der Waals surface area contributed by atoms with Crippen LogP contribution in [0.2, 0.25) is 5.02 Å². The minimum atomic E-state index is -0.0801. The van der Waals surface area contributed by atoms with Gasteiger partial charge in [0.2, 0.25) is 0 Å². The van der Waals surface area contributed by atoms with E-state index in [1.807, 2.05) is 11.3 Å². The standard InChI is InChI=1S/C82H79ClN4S2/c1-78(2,3)50-28-35-55(36-29-50)84(58-45-69(76-61-24-18-21-27-74(61)89-75(76)48-58)87-67-39-32-52(80(7,8)9)42-62(67)63-43-53(81(10,11)12)33-40-68(63)87)70-46-57(86-65-25-19-16-22-59(65)60-23-17-20-26-66(60)86)47-71(77(70)83)85(56-37-30-51(31-38-56)79(4,5)6)72-49-88-73-41-34-54(44-64(72)73)82(13,14)15/h16-49H,1-15H3. The van der Waals surface area contributed by atoms with Crippen LogP contribution < -0.4 is 9.80 Å². The zero-order valence-electron chi connectivity index (χ0n) is 54.1. The van der Waals surface area contributed by atoms with Crippen LogP contribution in [0, 0.1) is 0 Å². The smallest absolute Gasteiger partial charge is 0.0888 e. The van der Waals surface area contributed by atoms with Crippen LogP contribution in [0.25, 0.3) is 85.2 Å². The van der Waals surface area contributed by atoms with Crippen molar-refractivity contribution in [1.29, 1.82) is 0 Å². The highest BCUT2D eigenvalue weighted by Gasteiger charge is 2.31. The molecule has 4 nitrogen and oxygen atoms in total. The van der Waals surface area contributed by atoms with Gasteiger partial charge in [0.05, 0.1) is 55.5 Å². The predicted octanol–water partition coefficient (Wildman–Crippen LogP) is 25.5. The average molecular weight is 1220 g/mol. The maximum atomic E-state index is 8.69. The van der Waals surface area contributed by atoms with Gasteiger partial charge in [-0.15, -0.1) is 22.7 Å². The fraction of sp³-hybridized carbons (Fsp3) is 0.244. The molecule has 7 heteroatoms. The number of thiophene rings is 2. The molecule has 0 aliphatic rings. The Balaban J connectivity index is 1.13. The molecule has 4 aromatic heterocycles. The van der Waals surface area contributed by atoms with Crippen LogP contribution in [0.3, 0.4) is 0 Å². The van der Waals surface area contributed by atoms with E-state index >= 15 is 0 Å². The number of fused-ring (bicyclic) bond motifs is 10. The van der Waals surface area contributed by atoms with E-state index in [-0.39, 0.29) is 27.1 Å². The van der Waals surface area contributed by atoms with Gasteiger partial charge in [0.1, 0.15) is 0 Å². The summed E-state index contributed by atoms with van der Waals surface area (Å²) >= 11 is 12.3. The second-order valence-electron chi connectivity index (χ2n) is 29.7. The summed E-state index contributed by atoms with van der Waals surface area (Å²) in [4.78, 5) is 4.90. The lowest BCUT2D eigenvalue weighted by Crippen LogP contribution is -2.17. The number of hydrogen-bond acceptors (Lipinski definition) is 4. The van der Waals surface area contributed by atoms with Crippen molar-refractivity contribution in [3.8, 4) is 11.4 Å². The van der Waals surface area contributed by atoms with Gasteiger partial charge in [-0.2, -0.15) is 0 Å². The summed E-state index contributed by atoms with van der Waals surface area (Å²) in [6, 6.07) is 76.0. The van der Waals surface area contributed by atoms with E-state index in [2.05, 4.69) is 328 Å². The molecule has 14 aromatic rings. The van der Waals surface area contributed by atoms with Crippen LogP contribution in [-0.2, 0) is 27.1 Å². The first-order chi connectivity index (χ1) is 42.2. The minimum absolute atomic E-state index is 0.0483. The van der Waals surface area contributed by atoms with Crippen molar-refractivity contribution in [3.63, 3.8) is 0 Å². The molecule has 0 aliphatic heterocycles. The van der Waals surface area contributed by atoms with E-state index in [0.717, 1.165) is 56.5 Å². The lowest BCUT2D eigenvalue weighted by molar-refractivity contribution is 0.590. The minimum Gasteiger partial charge on any atom is -0.309 e. The third kappa shape index (κ3) is 10.1. The van der Waals surface area contributed by atoms with E-state index in [9.17, 15) is 0 Å². The first-order valence-corrected chi connectivity index (χ1v) is 33.5. The summed E-state index contributed by atoms with van der Waals surface area (Å²) in [6.45, 7) is 34.6. The lowest BCUT2D eigenvalue weighted by Gasteiger charge is -2.33. The van der Waals surface area contributed by atoms with Crippen molar-refractivity contribution < 1.29 is 0 Å². The van der Waals surface area contributed by atoms with Crippen LogP contribution in [-0.4, -0.2) is 9.13 Å². The first-order valence-electron chi connectivity index (χ1n) is 31.4. The summed E-state index contributed by atoms with van der Waals surface area (Å²) < 4.78 is 8.67. The number of halogens is 1. The Morgan fingerprint density at radius 3 is 1.27 bits per heavy atom. The molecule has 0 fully saturated rings. The van der Waals surface area contributed by atoms with E-state index in [4.69, 9.17) is 11.6 Å². The molecule has 10 aromatic carbocycles. The van der Waals surface area contributed by atoms with Crippen LogP contribution in [0.5, 0.6) is 0 Å². The van der Waals surface area contributed by atoms with E-state index in [0.29, 0.717) is 5.02 Å². The van der Waals surface area contributed by atoms with E-state index in [1.165, 1.54) is 90.7 Å². The third-order valence-electron chi connectivity index (χ3n) is 18.4. The molecule has 0 amide bonds. The molecule has 446 valence electrons. The first kappa shape index (κ1) is 58.5. The van der Waals surface area contributed by atoms with Gasteiger partial charge < -0.3 is 18.9 Å². The molecule has 0 radical (unpaired) electrons. The fourth-order valence-electron chi connectivity index (χ4n) is 13.3. The molecule has 0 spiro atoms. The topological polar surface area (TPSA) is 16.3 Å². The van der Waals surface area contributed by atoms with Gasteiger partial charge in [-0.1, -0.05) is 213 Å². The summed E-state index contributed by atoms with van der Waals surface area (Å²) in [7, 11) is 0. The highest BCUT2D eigenvalue weighted by Crippen LogP contribution is 2.54. The molecule has 4 heterocycles. The quantitative estimate of drug-likeness (QED) is 0.151. The van der Waals surface area contributed by atoms with Gasteiger partial charge in [0, 0.05) is 74.2 Å². The SMILES string of the molecule is CC(C)(C)c1ccc(N(c2cc(-n3c4ccc(C(C)(C)C)cc4c4cc(C(C)(C)C)ccc43)c3c(c2)sc2ccccc23)c2cc(-n3c4ccccc4c4ccccc43)cc(N(c3ccc(C(C)(C)C)cc3)c3csc4ccc(C(C)(C)C)cc34)c2Cl)cc1. The number of rotatable bonds is 8. The molecule has 0 aliphatic carbocycles. The summed E-state index contributed by atoms with van der Waals surface area (Å²) in [5.41, 5.74) is 18.7. The van der Waals surface area contributed by atoms with Crippen molar-refractivity contribution in [1.82, 2.24) is 9.13 Å². The van der Waals surface area contributed by atoms with Crippen LogP contribution in [0.1, 0.15) is 132 Å². The third-order valence-corrected chi connectivity index (χ3v) is 20.9. The Morgan fingerprint density at radius 2 is 0.753 bits per heavy atom. The highest BCUT2D eigenvalue weighted by atomic mass is 35.5. The zero-order chi connectivity index (χ0) is 62.4. The normalized spacial score (nSPS) is 12.9. The molecule has 14 rings (SSSR count). The van der Waals surface area contributed by atoms with Crippen molar-refractivity contribution in [3.05, 3.63) is 238 Å². The fourth-order valence-corrected chi connectivity index (χ4v) is 15.6. The number of hydrogen-bond donors (Lipinski definition) is 0. The monoisotopic (exact) mass is 1220 g/mol. The largest absolute Gasteiger partial charge is 0.309 e. The lowest BCUT2D eigenvalue weighted by atomic mass is 9.85. The zero-order valence-corrected chi connectivity index (χ0v) is 56.5. The van der Waals surface area contributed by atoms with E-state index in [1.54, 1.807) is 11.3 Å². The molecular formula is C82H79ClN4S2. The van der Waals surface area contributed by atoms with Crippen molar-refractivity contribution in [2.24, 2.45) is 0 Å². The summed E-state index contributed by atoms with van der Waals surface area (Å²) in [6.07, 6.45) is 0. The van der Waals surface area contributed by atoms with Gasteiger partial charge in [-0.05, 0) is 158 Å². The molecule has 0 atom stereocenters. The Hall–Kier alpha value is -8.13. The average Bonchev–Trinajstić information content (AvgIpc) is 1.63. The molecule has 0 N–H and O–H groups in total. The molecule has 0 saturated carbocycles. The Kier molecular flexibility index (Phi) is 13.8. The van der Waals surface area contributed by atoms with Crippen LogP contribution in [0.15, 0.2) is 206 Å². The number of anilines is 6. The van der Waals surface area contributed by atoms with Gasteiger partial charge >= 0.3 is 0 Å². The van der Waals surface area contributed by atoms with Gasteiger partial charge in [0.15, 0.2) is 0 Å². The number of nitrogens with zero attached hydrogens (tertiary/aromatic N) is 4. The van der Waals surface area contributed by atoms with Crippen molar-refractivity contribution >= 4 is 142 Å². The van der Waals surface area contributed by atoms with Gasteiger partial charge in [-0.25, -0.2) is 0 Å². The number of aromatic nitrogens is 2. The van der Waals surface area contributed by atoms with Crippen molar-refractivity contribution in [2.75, 3.05) is 9.80 Å². The maximum absolute atomic E-state index is 8.69. The maximum Gasteiger partial charge on any atom is 0.0888 e. The predicted molar refractivity (Wildman–Crippen MR) is 391 cm³/mol. The van der Waals surface area contributed by atoms with Crippen LogP contribution in [0.4, 0.5) is 34.1 Å². The second-order valence-corrected chi connectivity index (χ2v) is 32.1. The molecule has 0 saturated heterocycles. The number of benzene rings is 10.